The van der Waals surface area contributed by atoms with Gasteiger partial charge in [-0.2, -0.15) is 0 Å². The molecule has 0 radical (unpaired) electrons. The number of rotatable bonds is 0. The quantitative estimate of drug-likeness (QED) is 0.218. The average molecular weight is 511 g/mol. The van der Waals surface area contributed by atoms with Gasteiger partial charge in [-0.05, 0) is 68.1 Å². The summed E-state index contributed by atoms with van der Waals surface area (Å²) in [5, 5.41) is 26.6. The van der Waals surface area contributed by atoms with E-state index in [1.165, 1.54) is 43.8 Å². The molecular formula is C32H42N6. The van der Waals surface area contributed by atoms with Gasteiger partial charge in [0, 0.05) is 78.5 Å². The molecule has 5 rings (SSSR count). The van der Waals surface area contributed by atoms with Gasteiger partial charge in [0.25, 0.3) is 0 Å². The van der Waals surface area contributed by atoms with Crippen molar-refractivity contribution in [1.82, 2.24) is 31.9 Å². The van der Waals surface area contributed by atoms with Crippen LogP contribution < -0.4 is 31.9 Å². The topological polar surface area (TPSA) is 72.2 Å². The third-order valence-electron chi connectivity index (χ3n) is 7.17. The van der Waals surface area contributed by atoms with Gasteiger partial charge in [0.1, 0.15) is 0 Å². The van der Waals surface area contributed by atoms with E-state index in [2.05, 4.69) is 105 Å². The summed E-state index contributed by atoms with van der Waals surface area (Å²) in [5.41, 5.74) is 5.32. The van der Waals surface area contributed by atoms with Crippen molar-refractivity contribution in [2.24, 2.45) is 0 Å². The Balaban J connectivity index is 1.17. The third-order valence-corrected chi connectivity index (χ3v) is 7.17. The molecule has 0 saturated carbocycles. The minimum atomic E-state index is 0.891. The summed E-state index contributed by atoms with van der Waals surface area (Å²) in [5.74, 6) is 0. The zero-order chi connectivity index (χ0) is 25.8. The lowest BCUT2D eigenvalue weighted by Crippen LogP contribution is -2.32. The molecule has 0 aliphatic carbocycles. The number of hydrogen-bond donors (Lipinski definition) is 6. The van der Waals surface area contributed by atoms with Gasteiger partial charge in [-0.1, -0.05) is 48.5 Å². The zero-order valence-corrected chi connectivity index (χ0v) is 22.4. The summed E-state index contributed by atoms with van der Waals surface area (Å²) >= 11 is 0. The standard InChI is InChI=1S/C32H42N6/c1-5-29-6-2-26-18-31(29)17-25(1)21-35-13-9-33-10-14-37-23-27-3-7-30-8-4-28(20-32(30)19-27)24-38-16-12-34-11-15-36-22-26/h1-8,17-20,33-38H,9-16,21-24H2. The lowest BCUT2D eigenvalue weighted by molar-refractivity contribution is 0.580. The van der Waals surface area contributed by atoms with Crippen LogP contribution in [-0.4, -0.2) is 52.4 Å². The largest absolute Gasteiger partial charge is 0.314 e. The SMILES string of the molecule is c1cc2ccc3cc2cc1CNCCNCCNCc1ccc2ccc(cc2c1)CNCCNCCNC3. The fourth-order valence-corrected chi connectivity index (χ4v) is 5.02. The Morgan fingerprint density at radius 1 is 0.289 bits per heavy atom. The molecule has 1 aliphatic heterocycles. The summed E-state index contributed by atoms with van der Waals surface area (Å²) < 4.78 is 0. The second kappa shape index (κ2) is 14.4. The first kappa shape index (κ1) is 26.8. The molecule has 0 atom stereocenters. The van der Waals surface area contributed by atoms with Gasteiger partial charge in [0.05, 0.1) is 0 Å². The molecule has 6 bridgehead atoms. The van der Waals surface area contributed by atoms with Crippen molar-refractivity contribution in [2.75, 3.05) is 52.4 Å². The molecule has 0 unspecified atom stereocenters. The minimum Gasteiger partial charge on any atom is -0.314 e. The van der Waals surface area contributed by atoms with Crippen LogP contribution in [0, 0.1) is 0 Å². The number of fused-ring (bicyclic) bond motifs is 4. The molecule has 0 aromatic heterocycles. The first-order chi connectivity index (χ1) is 18.8. The molecule has 0 fully saturated rings. The van der Waals surface area contributed by atoms with Crippen LogP contribution in [0.25, 0.3) is 21.5 Å². The predicted octanol–water partition coefficient (Wildman–Crippen LogP) is 3.24. The Morgan fingerprint density at radius 2 is 0.553 bits per heavy atom. The molecule has 38 heavy (non-hydrogen) atoms. The third kappa shape index (κ3) is 8.08. The van der Waals surface area contributed by atoms with Crippen LogP contribution in [-0.2, 0) is 26.2 Å². The van der Waals surface area contributed by atoms with Gasteiger partial charge >= 0.3 is 0 Å². The van der Waals surface area contributed by atoms with E-state index in [0.29, 0.717) is 0 Å². The zero-order valence-electron chi connectivity index (χ0n) is 22.4. The minimum absolute atomic E-state index is 0.891. The summed E-state index contributed by atoms with van der Waals surface area (Å²) in [6.07, 6.45) is 0. The summed E-state index contributed by atoms with van der Waals surface area (Å²) in [6.45, 7) is 11.3. The van der Waals surface area contributed by atoms with Crippen LogP contribution in [0.2, 0.25) is 0 Å². The van der Waals surface area contributed by atoms with Crippen molar-refractivity contribution < 1.29 is 0 Å². The second-order valence-corrected chi connectivity index (χ2v) is 10.2. The van der Waals surface area contributed by atoms with Crippen molar-refractivity contribution in [3.8, 4) is 0 Å². The highest BCUT2D eigenvalue weighted by molar-refractivity contribution is 5.84. The first-order valence-corrected chi connectivity index (χ1v) is 14.1. The molecule has 6 heteroatoms. The van der Waals surface area contributed by atoms with Crippen LogP contribution in [0.15, 0.2) is 72.8 Å². The average Bonchev–Trinajstić information content (AvgIpc) is 2.94. The summed E-state index contributed by atoms with van der Waals surface area (Å²) in [4.78, 5) is 0. The number of nitrogens with one attached hydrogen (secondary N) is 6. The fraction of sp³-hybridized carbons (Fsp3) is 0.375. The number of benzene rings is 4. The maximum atomic E-state index is 3.58. The monoisotopic (exact) mass is 510 g/mol. The van der Waals surface area contributed by atoms with Gasteiger partial charge in [-0.25, -0.2) is 0 Å². The lowest BCUT2D eigenvalue weighted by atomic mass is 10.0. The van der Waals surface area contributed by atoms with E-state index in [-0.39, 0.29) is 0 Å². The van der Waals surface area contributed by atoms with Crippen LogP contribution in [0.5, 0.6) is 0 Å². The molecule has 1 heterocycles. The highest BCUT2D eigenvalue weighted by Crippen LogP contribution is 2.19. The van der Waals surface area contributed by atoms with Crippen molar-refractivity contribution in [3.05, 3.63) is 95.1 Å². The Kier molecular flexibility index (Phi) is 10.1. The highest BCUT2D eigenvalue weighted by Gasteiger charge is 2.02. The molecule has 1 aliphatic rings. The van der Waals surface area contributed by atoms with E-state index in [1.807, 2.05) is 0 Å². The van der Waals surface area contributed by atoms with Crippen LogP contribution in [0.4, 0.5) is 0 Å². The Labute approximate surface area is 227 Å². The molecule has 6 N–H and O–H groups in total. The molecule has 0 amide bonds. The van der Waals surface area contributed by atoms with Crippen molar-refractivity contribution >= 4 is 21.5 Å². The molecule has 0 saturated heterocycles. The van der Waals surface area contributed by atoms with Gasteiger partial charge < -0.3 is 31.9 Å². The van der Waals surface area contributed by atoms with Crippen LogP contribution in [0.3, 0.4) is 0 Å². The van der Waals surface area contributed by atoms with Crippen molar-refractivity contribution in [1.29, 1.82) is 0 Å². The molecule has 0 spiro atoms. The van der Waals surface area contributed by atoms with Crippen LogP contribution >= 0.6 is 0 Å². The van der Waals surface area contributed by atoms with E-state index < -0.39 is 0 Å². The predicted molar refractivity (Wildman–Crippen MR) is 160 cm³/mol. The second-order valence-electron chi connectivity index (χ2n) is 10.2. The number of hydrogen-bond acceptors (Lipinski definition) is 6. The lowest BCUT2D eigenvalue weighted by Gasteiger charge is -2.11. The van der Waals surface area contributed by atoms with Gasteiger partial charge in [0.2, 0.25) is 0 Å². The van der Waals surface area contributed by atoms with Crippen LogP contribution in [0.1, 0.15) is 22.3 Å². The maximum absolute atomic E-state index is 3.58. The highest BCUT2D eigenvalue weighted by atomic mass is 15.0. The fourth-order valence-electron chi connectivity index (χ4n) is 5.02. The van der Waals surface area contributed by atoms with E-state index >= 15 is 0 Å². The Bertz CT molecular complexity index is 1110. The van der Waals surface area contributed by atoms with E-state index in [4.69, 9.17) is 0 Å². The molecular weight excluding hydrogens is 468 g/mol. The van der Waals surface area contributed by atoms with Gasteiger partial charge in [-0.3, -0.25) is 0 Å². The van der Waals surface area contributed by atoms with Crippen molar-refractivity contribution in [3.63, 3.8) is 0 Å². The first-order valence-electron chi connectivity index (χ1n) is 14.1. The van der Waals surface area contributed by atoms with E-state index in [0.717, 1.165) is 78.5 Å². The smallest absolute Gasteiger partial charge is 0.0206 e. The van der Waals surface area contributed by atoms with Gasteiger partial charge in [-0.15, -0.1) is 0 Å². The van der Waals surface area contributed by atoms with E-state index in [9.17, 15) is 0 Å². The Hall–Kier alpha value is -2.84. The Morgan fingerprint density at radius 3 is 0.842 bits per heavy atom. The molecule has 6 nitrogen and oxygen atoms in total. The molecule has 4 aromatic carbocycles. The van der Waals surface area contributed by atoms with E-state index in [1.54, 1.807) is 0 Å². The molecule has 200 valence electrons. The summed E-state index contributed by atoms with van der Waals surface area (Å²) in [6, 6.07) is 27.2. The van der Waals surface area contributed by atoms with Crippen molar-refractivity contribution in [2.45, 2.75) is 26.2 Å². The summed E-state index contributed by atoms with van der Waals surface area (Å²) in [7, 11) is 0. The maximum Gasteiger partial charge on any atom is 0.0206 e. The molecule has 4 aromatic rings. The normalized spacial score (nSPS) is 17.7. The van der Waals surface area contributed by atoms with Gasteiger partial charge in [0.15, 0.2) is 0 Å².